The van der Waals surface area contributed by atoms with Gasteiger partial charge < -0.3 is 18.9 Å². The van der Waals surface area contributed by atoms with Crippen molar-refractivity contribution in [2.75, 3.05) is 47.5 Å². The molecule has 0 heterocycles. The van der Waals surface area contributed by atoms with E-state index in [0.29, 0.717) is 17.4 Å². The molecule has 10 heteroatoms. The molecule has 0 amide bonds. The van der Waals surface area contributed by atoms with Crippen molar-refractivity contribution >= 4 is 19.8 Å². The van der Waals surface area contributed by atoms with Gasteiger partial charge in [-0.2, -0.15) is 0 Å². The van der Waals surface area contributed by atoms with E-state index in [1.807, 2.05) is 21.1 Å². The summed E-state index contributed by atoms with van der Waals surface area (Å²) < 4.78 is 34.6. The maximum Gasteiger partial charge on any atom is 0.472 e. The zero-order chi connectivity index (χ0) is 54.2. The molecule has 0 aliphatic rings. The van der Waals surface area contributed by atoms with Crippen LogP contribution in [0.4, 0.5) is 0 Å². The summed E-state index contributed by atoms with van der Waals surface area (Å²) in [6.45, 7) is 4.52. The zero-order valence-corrected chi connectivity index (χ0v) is 51.3. The van der Waals surface area contributed by atoms with E-state index in [1.165, 1.54) is 283 Å². The van der Waals surface area contributed by atoms with Gasteiger partial charge in [0, 0.05) is 12.8 Å². The number of likely N-dealkylation sites (N-methyl/N-ethyl adjacent to an activating group) is 1. The molecule has 0 aromatic carbocycles. The summed E-state index contributed by atoms with van der Waals surface area (Å²) in [6.07, 6.45) is 66.3. The summed E-state index contributed by atoms with van der Waals surface area (Å²) in [6, 6.07) is 0. The molecule has 74 heavy (non-hydrogen) atoms. The number of carbonyl (C=O) groups excluding carboxylic acids is 2. The number of phosphoric acid groups is 1. The highest BCUT2D eigenvalue weighted by atomic mass is 31.2. The van der Waals surface area contributed by atoms with Crippen LogP contribution >= 0.6 is 7.82 Å². The molecule has 9 nitrogen and oxygen atoms in total. The number of ether oxygens (including phenoxy) is 2. The number of phosphoric ester groups is 1. The molecule has 0 aliphatic carbocycles. The predicted octanol–water partition coefficient (Wildman–Crippen LogP) is 20.6. The molecule has 0 aromatic rings. The van der Waals surface area contributed by atoms with Gasteiger partial charge in [0.2, 0.25) is 0 Å². The minimum absolute atomic E-state index is 0.0375. The summed E-state index contributed by atoms with van der Waals surface area (Å²) in [5, 5.41) is 0. The molecular formula is C64H129NO8P+. The SMILES string of the molecule is CCCCCCCCCCCCCCCCCCCCCCCCCCCCCCCCCCCC(=O)OC(COC(=O)CCCCCCCCCCCCCCCCCCC)COP(=O)(O)OCC[N+](C)(C)C. The second-order valence-corrected chi connectivity index (χ2v) is 25.3. The fourth-order valence-corrected chi connectivity index (χ4v) is 10.8. The third-order valence-electron chi connectivity index (χ3n) is 15.1. The highest BCUT2D eigenvalue weighted by Crippen LogP contribution is 2.43. The van der Waals surface area contributed by atoms with Crippen LogP contribution in [0.15, 0.2) is 0 Å². The third kappa shape index (κ3) is 60.2. The summed E-state index contributed by atoms with van der Waals surface area (Å²) in [5.74, 6) is -0.771. The zero-order valence-electron chi connectivity index (χ0n) is 50.4. The molecule has 0 spiro atoms. The Morgan fingerprint density at radius 2 is 0.608 bits per heavy atom. The first kappa shape index (κ1) is 73.0. The van der Waals surface area contributed by atoms with Gasteiger partial charge in [-0.15, -0.1) is 0 Å². The second kappa shape index (κ2) is 56.7. The van der Waals surface area contributed by atoms with Crippen molar-refractivity contribution in [1.82, 2.24) is 0 Å². The molecule has 0 aliphatic heterocycles. The van der Waals surface area contributed by atoms with Gasteiger partial charge >= 0.3 is 19.8 Å². The maximum absolute atomic E-state index is 12.8. The number of unbranched alkanes of at least 4 members (excludes halogenated alkanes) is 48. The molecular weight excluding hydrogens is 942 g/mol. The van der Waals surface area contributed by atoms with E-state index in [1.54, 1.807) is 0 Å². The highest BCUT2D eigenvalue weighted by Gasteiger charge is 2.27. The normalized spacial score (nSPS) is 13.1. The van der Waals surface area contributed by atoms with Crippen molar-refractivity contribution in [3.8, 4) is 0 Å². The van der Waals surface area contributed by atoms with Crippen molar-refractivity contribution in [2.24, 2.45) is 0 Å². The molecule has 2 atom stereocenters. The van der Waals surface area contributed by atoms with Gasteiger partial charge in [0.15, 0.2) is 6.10 Å². The van der Waals surface area contributed by atoms with Gasteiger partial charge in [-0.1, -0.05) is 322 Å². The summed E-state index contributed by atoms with van der Waals surface area (Å²) >= 11 is 0. The highest BCUT2D eigenvalue weighted by molar-refractivity contribution is 7.47. The van der Waals surface area contributed by atoms with Crippen molar-refractivity contribution < 1.29 is 42.1 Å². The fraction of sp³-hybridized carbons (Fsp3) is 0.969. The van der Waals surface area contributed by atoms with E-state index in [4.69, 9.17) is 18.5 Å². The summed E-state index contributed by atoms with van der Waals surface area (Å²) in [5.41, 5.74) is 0. The monoisotopic (exact) mass is 1070 g/mol. The second-order valence-electron chi connectivity index (χ2n) is 23.9. The Hall–Kier alpha value is -0.990. The number of rotatable bonds is 62. The lowest BCUT2D eigenvalue weighted by atomic mass is 10.0. The van der Waals surface area contributed by atoms with E-state index >= 15 is 0 Å². The van der Waals surface area contributed by atoms with E-state index in [2.05, 4.69) is 13.8 Å². The smallest absolute Gasteiger partial charge is 0.462 e. The van der Waals surface area contributed by atoms with E-state index in [0.717, 1.165) is 38.5 Å². The lowest BCUT2D eigenvalue weighted by molar-refractivity contribution is -0.870. The molecule has 442 valence electrons. The maximum atomic E-state index is 12.8. The van der Waals surface area contributed by atoms with Crippen LogP contribution in [0.3, 0.4) is 0 Å². The molecule has 0 aromatic heterocycles. The Morgan fingerprint density at radius 1 is 0.365 bits per heavy atom. The summed E-state index contributed by atoms with van der Waals surface area (Å²) in [4.78, 5) is 35.7. The Labute approximate surface area is 461 Å². The summed E-state index contributed by atoms with van der Waals surface area (Å²) in [7, 11) is 1.50. The topological polar surface area (TPSA) is 108 Å². The van der Waals surface area contributed by atoms with Gasteiger partial charge in [-0.05, 0) is 12.8 Å². The third-order valence-corrected chi connectivity index (χ3v) is 16.1. The molecule has 0 rings (SSSR count). The Morgan fingerprint density at radius 3 is 0.865 bits per heavy atom. The number of quaternary nitrogens is 1. The Bertz CT molecular complexity index is 1210. The average molecular weight is 1070 g/mol. The first-order chi connectivity index (χ1) is 36.0. The van der Waals surface area contributed by atoms with Crippen molar-refractivity contribution in [3.63, 3.8) is 0 Å². The first-order valence-corrected chi connectivity index (χ1v) is 34.3. The Kier molecular flexibility index (Phi) is 56.0. The van der Waals surface area contributed by atoms with Crippen LogP contribution in [0.5, 0.6) is 0 Å². The van der Waals surface area contributed by atoms with Gasteiger partial charge in [-0.3, -0.25) is 18.6 Å². The van der Waals surface area contributed by atoms with Crippen LogP contribution in [-0.4, -0.2) is 74.9 Å². The van der Waals surface area contributed by atoms with Crippen LogP contribution in [-0.2, 0) is 32.7 Å². The average Bonchev–Trinajstić information content (AvgIpc) is 3.36. The molecule has 1 N–H and O–H groups in total. The van der Waals surface area contributed by atoms with Crippen LogP contribution in [0.2, 0.25) is 0 Å². The molecule has 0 bridgehead atoms. The van der Waals surface area contributed by atoms with Gasteiger partial charge in [0.05, 0.1) is 27.7 Å². The van der Waals surface area contributed by atoms with E-state index in [-0.39, 0.29) is 25.6 Å². The van der Waals surface area contributed by atoms with Gasteiger partial charge in [-0.25, -0.2) is 4.57 Å². The number of carbonyl (C=O) groups is 2. The lowest BCUT2D eigenvalue weighted by Gasteiger charge is -2.24. The fourth-order valence-electron chi connectivity index (χ4n) is 10.1. The van der Waals surface area contributed by atoms with Gasteiger partial charge in [0.25, 0.3) is 0 Å². The number of hydrogen-bond donors (Lipinski definition) is 1. The minimum atomic E-state index is -4.38. The predicted molar refractivity (Wildman–Crippen MR) is 317 cm³/mol. The minimum Gasteiger partial charge on any atom is -0.462 e. The number of nitrogens with zero attached hydrogens (tertiary/aromatic N) is 1. The molecule has 0 fully saturated rings. The van der Waals surface area contributed by atoms with Crippen LogP contribution in [0, 0.1) is 0 Å². The number of hydrogen-bond acceptors (Lipinski definition) is 7. The standard InChI is InChI=1S/C64H128NO8P/c1-6-8-10-12-14-16-18-20-22-24-25-26-27-28-29-30-31-32-33-34-35-36-37-38-39-41-43-45-47-49-51-53-55-57-64(67)73-62(61-72-74(68,69)71-59-58-65(3,4)5)60-70-63(66)56-54-52-50-48-46-44-42-40-23-21-19-17-15-13-11-9-7-2/h62H,6-61H2,1-5H3/p+1. The number of esters is 2. The van der Waals surface area contributed by atoms with Crippen molar-refractivity contribution in [3.05, 3.63) is 0 Å². The lowest BCUT2D eigenvalue weighted by Crippen LogP contribution is -2.37. The van der Waals surface area contributed by atoms with Crippen LogP contribution in [0.25, 0.3) is 0 Å². The molecule has 0 saturated heterocycles. The van der Waals surface area contributed by atoms with Crippen LogP contribution < -0.4 is 0 Å². The van der Waals surface area contributed by atoms with Crippen molar-refractivity contribution in [1.29, 1.82) is 0 Å². The molecule has 0 radical (unpaired) electrons. The molecule has 2 unspecified atom stereocenters. The van der Waals surface area contributed by atoms with E-state index < -0.39 is 26.5 Å². The van der Waals surface area contributed by atoms with Crippen molar-refractivity contribution in [2.45, 2.75) is 354 Å². The Balaban J connectivity index is 3.94. The van der Waals surface area contributed by atoms with Gasteiger partial charge in [0.1, 0.15) is 19.8 Å². The van der Waals surface area contributed by atoms with E-state index in [9.17, 15) is 19.0 Å². The molecule has 0 saturated carbocycles. The first-order valence-electron chi connectivity index (χ1n) is 32.8. The quantitative estimate of drug-likeness (QED) is 0.0278. The van der Waals surface area contributed by atoms with Crippen LogP contribution in [0.1, 0.15) is 348 Å². The largest absolute Gasteiger partial charge is 0.472 e.